The number of ether oxygens (including phenoxy) is 1. The van der Waals surface area contributed by atoms with Crippen LogP contribution in [0.1, 0.15) is 18.4 Å². The zero-order valence-electron chi connectivity index (χ0n) is 15.6. The number of hydrogen-bond donors (Lipinski definition) is 1. The van der Waals surface area contributed by atoms with E-state index in [1.807, 2.05) is 35.2 Å². The van der Waals surface area contributed by atoms with Gasteiger partial charge < -0.3 is 15.0 Å². The van der Waals surface area contributed by atoms with E-state index in [2.05, 4.69) is 40.5 Å². The molecule has 5 nitrogen and oxygen atoms in total. The summed E-state index contributed by atoms with van der Waals surface area (Å²) in [5.74, 6) is 0. The van der Waals surface area contributed by atoms with Gasteiger partial charge in [-0.1, -0.05) is 48.5 Å². The summed E-state index contributed by atoms with van der Waals surface area (Å²) < 4.78 is 5.58. The molecule has 4 rings (SSSR count). The minimum Gasteiger partial charge on any atom is -0.379 e. The summed E-state index contributed by atoms with van der Waals surface area (Å²) in [4.78, 5) is 17.2. The maximum atomic E-state index is 12.7. The normalized spacial score (nSPS) is 20.2. The summed E-state index contributed by atoms with van der Waals surface area (Å²) in [7, 11) is 0. The van der Waals surface area contributed by atoms with Crippen LogP contribution in [0, 0.1) is 0 Å². The minimum absolute atomic E-state index is 0.00539. The summed E-state index contributed by atoms with van der Waals surface area (Å²) in [5.41, 5.74) is 2.19. The van der Waals surface area contributed by atoms with E-state index < -0.39 is 0 Å². The Morgan fingerprint density at radius 3 is 2.07 bits per heavy atom. The lowest BCUT2D eigenvalue weighted by atomic mass is 9.79. The van der Waals surface area contributed by atoms with E-state index in [-0.39, 0.29) is 11.6 Å². The van der Waals surface area contributed by atoms with Crippen molar-refractivity contribution in [3.8, 4) is 0 Å². The molecule has 0 spiro atoms. The number of amides is 2. The van der Waals surface area contributed by atoms with Crippen LogP contribution < -0.4 is 5.32 Å². The van der Waals surface area contributed by atoms with Gasteiger partial charge in [0.2, 0.25) is 0 Å². The Hall–Kier alpha value is -2.37. The second kappa shape index (κ2) is 8.11. The lowest BCUT2D eigenvalue weighted by Crippen LogP contribution is -2.57. The Bertz CT molecular complexity index is 737. The molecule has 2 fully saturated rings. The van der Waals surface area contributed by atoms with Crippen molar-refractivity contribution in [3.63, 3.8) is 0 Å². The number of nitrogens with zero attached hydrogens (tertiary/aromatic N) is 2. The Kier molecular flexibility index (Phi) is 5.41. The number of carbonyl (C=O) groups excluding carboxylic acids is 1. The molecule has 2 heterocycles. The predicted octanol–water partition coefficient (Wildman–Crippen LogP) is 3.54. The number of piperidine rings is 1. The van der Waals surface area contributed by atoms with E-state index in [4.69, 9.17) is 4.74 Å². The first-order chi connectivity index (χ1) is 13.3. The minimum atomic E-state index is -0.00941. The van der Waals surface area contributed by atoms with E-state index in [1.54, 1.807) is 0 Å². The lowest BCUT2D eigenvalue weighted by molar-refractivity contribution is -0.0464. The average molecular weight is 365 g/mol. The lowest BCUT2D eigenvalue weighted by Gasteiger charge is -2.50. The summed E-state index contributed by atoms with van der Waals surface area (Å²) in [6.07, 6.45) is 1.89. The average Bonchev–Trinajstić information content (AvgIpc) is 2.76. The van der Waals surface area contributed by atoms with Gasteiger partial charge in [0.05, 0.1) is 13.2 Å². The number of likely N-dealkylation sites (tertiary alicyclic amines) is 1. The third-order valence-corrected chi connectivity index (χ3v) is 5.83. The molecule has 2 aromatic carbocycles. The zero-order chi connectivity index (χ0) is 18.5. The van der Waals surface area contributed by atoms with Crippen molar-refractivity contribution in [3.05, 3.63) is 66.2 Å². The van der Waals surface area contributed by atoms with Crippen molar-refractivity contribution in [2.24, 2.45) is 0 Å². The van der Waals surface area contributed by atoms with Gasteiger partial charge in [0.1, 0.15) is 0 Å². The fourth-order valence-electron chi connectivity index (χ4n) is 4.33. The van der Waals surface area contributed by atoms with Gasteiger partial charge in [-0.15, -0.1) is 0 Å². The largest absolute Gasteiger partial charge is 0.379 e. The molecule has 0 bridgehead atoms. The van der Waals surface area contributed by atoms with Crippen LogP contribution in [0.2, 0.25) is 0 Å². The maximum Gasteiger partial charge on any atom is 0.321 e. The van der Waals surface area contributed by atoms with Gasteiger partial charge in [0.15, 0.2) is 0 Å². The first kappa shape index (κ1) is 18.0. The monoisotopic (exact) mass is 365 g/mol. The van der Waals surface area contributed by atoms with Gasteiger partial charge in [-0.05, 0) is 30.5 Å². The molecule has 2 amide bonds. The van der Waals surface area contributed by atoms with Crippen LogP contribution in [0.3, 0.4) is 0 Å². The molecule has 0 aromatic heterocycles. The third-order valence-electron chi connectivity index (χ3n) is 5.83. The van der Waals surface area contributed by atoms with Crippen LogP contribution in [-0.4, -0.2) is 55.2 Å². The highest BCUT2D eigenvalue weighted by molar-refractivity contribution is 5.89. The number of morpholine rings is 1. The second-order valence-corrected chi connectivity index (χ2v) is 7.28. The molecule has 0 atom stereocenters. The van der Waals surface area contributed by atoms with Gasteiger partial charge in [-0.25, -0.2) is 4.79 Å². The highest BCUT2D eigenvalue weighted by Gasteiger charge is 2.42. The van der Waals surface area contributed by atoms with Crippen LogP contribution in [0.4, 0.5) is 10.5 Å². The first-order valence-corrected chi connectivity index (χ1v) is 9.77. The zero-order valence-corrected chi connectivity index (χ0v) is 15.6. The van der Waals surface area contributed by atoms with Crippen molar-refractivity contribution in [1.29, 1.82) is 0 Å². The van der Waals surface area contributed by atoms with E-state index in [0.717, 1.165) is 57.9 Å². The summed E-state index contributed by atoms with van der Waals surface area (Å²) >= 11 is 0. The van der Waals surface area contributed by atoms with Crippen LogP contribution >= 0.6 is 0 Å². The molecule has 1 N–H and O–H groups in total. The number of benzene rings is 2. The quantitative estimate of drug-likeness (QED) is 0.905. The molecular formula is C22H27N3O2. The van der Waals surface area contributed by atoms with Gasteiger partial charge in [0.25, 0.3) is 0 Å². The fraction of sp³-hybridized carbons (Fsp3) is 0.409. The van der Waals surface area contributed by atoms with E-state index >= 15 is 0 Å². The highest BCUT2D eigenvalue weighted by Crippen LogP contribution is 2.39. The predicted molar refractivity (Wildman–Crippen MR) is 107 cm³/mol. The Morgan fingerprint density at radius 2 is 1.44 bits per heavy atom. The Labute approximate surface area is 160 Å². The highest BCUT2D eigenvalue weighted by atomic mass is 16.5. The third kappa shape index (κ3) is 3.84. The summed E-state index contributed by atoms with van der Waals surface area (Å²) in [5, 5.41) is 3.01. The fourth-order valence-corrected chi connectivity index (χ4v) is 4.33. The number of hydrogen-bond acceptors (Lipinski definition) is 3. The molecule has 0 saturated carbocycles. The number of carbonyl (C=O) groups is 1. The van der Waals surface area contributed by atoms with Crippen molar-refractivity contribution in [1.82, 2.24) is 9.80 Å². The number of anilines is 1. The molecule has 2 aromatic rings. The smallest absolute Gasteiger partial charge is 0.321 e. The molecule has 2 saturated heterocycles. The molecule has 5 heteroatoms. The summed E-state index contributed by atoms with van der Waals surface area (Å²) in [6, 6.07) is 20.4. The van der Waals surface area contributed by atoms with Gasteiger partial charge in [-0.3, -0.25) is 4.90 Å². The second-order valence-electron chi connectivity index (χ2n) is 7.28. The maximum absolute atomic E-state index is 12.7. The van der Waals surface area contributed by atoms with Gasteiger partial charge in [0, 0.05) is 37.4 Å². The van der Waals surface area contributed by atoms with Gasteiger partial charge >= 0.3 is 6.03 Å². The van der Waals surface area contributed by atoms with Gasteiger partial charge in [-0.2, -0.15) is 0 Å². The van der Waals surface area contributed by atoms with Crippen molar-refractivity contribution >= 4 is 11.7 Å². The summed E-state index contributed by atoms with van der Waals surface area (Å²) in [6.45, 7) is 4.98. The van der Waals surface area contributed by atoms with Crippen LogP contribution in [0.15, 0.2) is 60.7 Å². The standard InChI is InChI=1S/C22H27N3O2/c26-21(23-20-9-5-2-6-10-20)24-13-11-22(12-14-24,19-7-3-1-4-8-19)25-15-17-27-18-16-25/h1-10H,11-18H2,(H,23,26). The molecule has 0 unspecified atom stereocenters. The van der Waals surface area contributed by atoms with Crippen LogP contribution in [0.25, 0.3) is 0 Å². The van der Waals surface area contributed by atoms with E-state index in [0.29, 0.717) is 0 Å². The molecule has 0 radical (unpaired) electrons. The molecule has 0 aliphatic carbocycles. The molecular weight excluding hydrogens is 338 g/mol. The molecule has 2 aliphatic rings. The molecule has 142 valence electrons. The number of nitrogens with one attached hydrogen (secondary N) is 1. The topological polar surface area (TPSA) is 44.8 Å². The number of para-hydroxylation sites is 1. The van der Waals surface area contributed by atoms with E-state index in [1.165, 1.54) is 5.56 Å². The van der Waals surface area contributed by atoms with Crippen molar-refractivity contribution in [2.75, 3.05) is 44.7 Å². The Morgan fingerprint density at radius 1 is 0.852 bits per heavy atom. The molecule has 27 heavy (non-hydrogen) atoms. The van der Waals surface area contributed by atoms with E-state index in [9.17, 15) is 4.79 Å². The number of rotatable bonds is 3. The van der Waals surface area contributed by atoms with Crippen molar-refractivity contribution < 1.29 is 9.53 Å². The Balaban J connectivity index is 1.48. The first-order valence-electron chi connectivity index (χ1n) is 9.77. The van der Waals surface area contributed by atoms with Crippen LogP contribution in [-0.2, 0) is 10.3 Å². The number of urea groups is 1. The van der Waals surface area contributed by atoms with Crippen LogP contribution in [0.5, 0.6) is 0 Å². The van der Waals surface area contributed by atoms with Crippen molar-refractivity contribution in [2.45, 2.75) is 18.4 Å². The SMILES string of the molecule is O=C(Nc1ccccc1)N1CCC(c2ccccc2)(N2CCOCC2)CC1. The molecule has 2 aliphatic heterocycles.